The summed E-state index contributed by atoms with van der Waals surface area (Å²) in [6, 6.07) is 0.488. The summed E-state index contributed by atoms with van der Waals surface area (Å²) < 4.78 is 5.92. The van der Waals surface area contributed by atoms with Crippen LogP contribution < -0.4 is 11.1 Å². The van der Waals surface area contributed by atoms with E-state index in [1.807, 2.05) is 0 Å². The summed E-state index contributed by atoms with van der Waals surface area (Å²) in [5.74, 6) is 0.367. The van der Waals surface area contributed by atoms with Crippen LogP contribution in [0.1, 0.15) is 47.0 Å². The third-order valence-corrected chi connectivity index (χ3v) is 3.80. The average Bonchev–Trinajstić information content (AvgIpc) is 2.25. The molecule has 0 radical (unpaired) electrons. The van der Waals surface area contributed by atoms with E-state index in [4.69, 9.17) is 10.5 Å². The number of ether oxygens (including phenoxy) is 1. The van der Waals surface area contributed by atoms with Crippen LogP contribution in [0.25, 0.3) is 0 Å². The van der Waals surface area contributed by atoms with Gasteiger partial charge in [0.05, 0.1) is 6.10 Å². The average molecular weight is 256 g/mol. The largest absolute Gasteiger partial charge is 0.377 e. The number of nitrogens with two attached hydrogens (primary N) is 1. The maximum Gasteiger partial charge on any atom is 0.217 e. The van der Waals surface area contributed by atoms with Gasteiger partial charge < -0.3 is 15.8 Å². The second kappa shape index (κ2) is 6.53. The first kappa shape index (κ1) is 15.4. The van der Waals surface area contributed by atoms with Crippen molar-refractivity contribution in [3.05, 3.63) is 0 Å². The van der Waals surface area contributed by atoms with Crippen LogP contribution in [0.5, 0.6) is 0 Å². The lowest BCUT2D eigenvalue weighted by Gasteiger charge is -2.52. The molecule has 0 bridgehead atoms. The molecule has 1 rings (SSSR count). The molecule has 0 aliphatic heterocycles. The maximum atomic E-state index is 10.6. The molecule has 3 N–H and O–H groups in total. The van der Waals surface area contributed by atoms with Crippen molar-refractivity contribution in [1.29, 1.82) is 0 Å². The SMILES string of the molecule is CC(C)COC1CC(NCCCC(N)=O)C1(C)C. The number of hydrogen-bond donors (Lipinski definition) is 2. The summed E-state index contributed by atoms with van der Waals surface area (Å²) in [4.78, 5) is 10.6. The number of rotatable bonds is 8. The molecular weight excluding hydrogens is 228 g/mol. The van der Waals surface area contributed by atoms with E-state index >= 15 is 0 Å². The van der Waals surface area contributed by atoms with Crippen molar-refractivity contribution >= 4 is 5.91 Å². The van der Waals surface area contributed by atoms with Crippen molar-refractivity contribution in [1.82, 2.24) is 5.32 Å². The topological polar surface area (TPSA) is 64.3 Å². The molecule has 1 amide bonds. The third-order valence-electron chi connectivity index (χ3n) is 3.80. The molecule has 0 aromatic rings. The summed E-state index contributed by atoms with van der Waals surface area (Å²) >= 11 is 0. The lowest BCUT2D eigenvalue weighted by atomic mass is 9.64. The second-order valence-corrected chi connectivity index (χ2v) is 6.35. The highest BCUT2D eigenvalue weighted by Gasteiger charge is 2.48. The lowest BCUT2D eigenvalue weighted by molar-refractivity contribution is -0.124. The van der Waals surface area contributed by atoms with Gasteiger partial charge in [-0.25, -0.2) is 0 Å². The Bertz CT molecular complexity index is 277. The Labute approximate surface area is 111 Å². The number of hydrogen-bond acceptors (Lipinski definition) is 3. The molecule has 4 heteroatoms. The first-order valence-corrected chi connectivity index (χ1v) is 6.97. The van der Waals surface area contributed by atoms with Gasteiger partial charge in [-0.1, -0.05) is 27.7 Å². The normalized spacial score (nSPS) is 26.1. The standard InChI is InChI=1S/C14H28N2O2/c1-10(2)9-18-12-8-11(14(12,3)4)16-7-5-6-13(15)17/h10-12,16H,5-9H2,1-4H3,(H2,15,17). The minimum absolute atomic E-state index is 0.182. The van der Waals surface area contributed by atoms with Crippen LogP contribution in [0.4, 0.5) is 0 Å². The van der Waals surface area contributed by atoms with Crippen molar-refractivity contribution in [2.24, 2.45) is 17.1 Å². The van der Waals surface area contributed by atoms with Crippen LogP contribution >= 0.6 is 0 Å². The lowest BCUT2D eigenvalue weighted by Crippen LogP contribution is -2.61. The van der Waals surface area contributed by atoms with Crippen molar-refractivity contribution < 1.29 is 9.53 Å². The maximum absolute atomic E-state index is 10.6. The zero-order valence-corrected chi connectivity index (χ0v) is 12.2. The Hall–Kier alpha value is -0.610. The van der Waals surface area contributed by atoms with Gasteiger partial charge in [-0.05, 0) is 25.3 Å². The zero-order chi connectivity index (χ0) is 13.8. The van der Waals surface area contributed by atoms with Crippen LogP contribution in [0.15, 0.2) is 0 Å². The number of primary amides is 1. The van der Waals surface area contributed by atoms with Crippen molar-refractivity contribution in [2.45, 2.75) is 59.1 Å². The number of amides is 1. The third kappa shape index (κ3) is 4.25. The van der Waals surface area contributed by atoms with Crippen LogP contribution in [0.2, 0.25) is 0 Å². The summed E-state index contributed by atoms with van der Waals surface area (Å²) in [6.45, 7) is 10.5. The Morgan fingerprint density at radius 2 is 2.17 bits per heavy atom. The molecule has 1 saturated carbocycles. The highest BCUT2D eigenvalue weighted by Crippen LogP contribution is 2.42. The molecular formula is C14H28N2O2. The van der Waals surface area contributed by atoms with Gasteiger partial charge in [0.25, 0.3) is 0 Å². The number of nitrogens with one attached hydrogen (secondary N) is 1. The van der Waals surface area contributed by atoms with E-state index in [0.29, 0.717) is 24.5 Å². The summed E-state index contributed by atoms with van der Waals surface area (Å²) in [5, 5.41) is 3.49. The smallest absolute Gasteiger partial charge is 0.217 e. The van der Waals surface area contributed by atoms with Gasteiger partial charge in [0.1, 0.15) is 0 Å². The van der Waals surface area contributed by atoms with Crippen molar-refractivity contribution in [3.8, 4) is 0 Å². The van der Waals surface area contributed by atoms with Crippen molar-refractivity contribution in [3.63, 3.8) is 0 Å². The van der Waals surface area contributed by atoms with Gasteiger partial charge in [0.15, 0.2) is 0 Å². The van der Waals surface area contributed by atoms with Crippen LogP contribution in [-0.2, 0) is 9.53 Å². The second-order valence-electron chi connectivity index (χ2n) is 6.35. The van der Waals surface area contributed by atoms with E-state index in [-0.39, 0.29) is 11.3 Å². The van der Waals surface area contributed by atoms with E-state index < -0.39 is 0 Å². The molecule has 0 aromatic carbocycles. The van der Waals surface area contributed by atoms with Gasteiger partial charge in [-0.2, -0.15) is 0 Å². The Morgan fingerprint density at radius 3 is 2.67 bits per heavy atom. The van der Waals surface area contributed by atoms with Gasteiger partial charge in [0, 0.05) is 24.5 Å². The van der Waals surface area contributed by atoms with E-state index in [2.05, 4.69) is 33.0 Å². The molecule has 18 heavy (non-hydrogen) atoms. The highest BCUT2D eigenvalue weighted by molar-refractivity contribution is 5.73. The number of carbonyl (C=O) groups excluding carboxylic acids is 1. The van der Waals surface area contributed by atoms with E-state index in [9.17, 15) is 4.79 Å². The van der Waals surface area contributed by atoms with Crippen LogP contribution in [0, 0.1) is 11.3 Å². The molecule has 4 nitrogen and oxygen atoms in total. The van der Waals surface area contributed by atoms with Crippen molar-refractivity contribution in [2.75, 3.05) is 13.2 Å². The predicted molar refractivity (Wildman–Crippen MR) is 73.2 cm³/mol. The Morgan fingerprint density at radius 1 is 1.50 bits per heavy atom. The zero-order valence-electron chi connectivity index (χ0n) is 12.2. The van der Waals surface area contributed by atoms with E-state index in [1.54, 1.807) is 0 Å². The van der Waals surface area contributed by atoms with Gasteiger partial charge >= 0.3 is 0 Å². The van der Waals surface area contributed by atoms with Crippen LogP contribution in [-0.4, -0.2) is 31.2 Å². The van der Waals surface area contributed by atoms with Gasteiger partial charge in [-0.3, -0.25) is 4.79 Å². The highest BCUT2D eigenvalue weighted by atomic mass is 16.5. The first-order valence-electron chi connectivity index (χ1n) is 6.97. The molecule has 0 spiro atoms. The van der Waals surface area contributed by atoms with Crippen LogP contribution in [0.3, 0.4) is 0 Å². The van der Waals surface area contributed by atoms with E-state index in [1.165, 1.54) is 0 Å². The van der Waals surface area contributed by atoms with Gasteiger partial charge in [-0.15, -0.1) is 0 Å². The molecule has 0 heterocycles. The molecule has 0 aromatic heterocycles. The Balaban J connectivity index is 2.20. The predicted octanol–water partition coefficient (Wildman–Crippen LogP) is 1.68. The summed E-state index contributed by atoms with van der Waals surface area (Å²) in [5.41, 5.74) is 5.29. The fourth-order valence-corrected chi connectivity index (χ4v) is 2.36. The molecule has 1 aliphatic carbocycles. The summed E-state index contributed by atoms with van der Waals surface area (Å²) in [6.07, 6.45) is 2.71. The molecule has 106 valence electrons. The summed E-state index contributed by atoms with van der Waals surface area (Å²) in [7, 11) is 0. The minimum Gasteiger partial charge on any atom is -0.377 e. The van der Waals surface area contributed by atoms with E-state index in [0.717, 1.165) is 26.0 Å². The molecule has 1 aliphatic rings. The molecule has 0 saturated heterocycles. The number of carbonyl (C=O) groups is 1. The van der Waals surface area contributed by atoms with Gasteiger partial charge in [0.2, 0.25) is 5.91 Å². The molecule has 1 fully saturated rings. The quantitative estimate of drug-likeness (QED) is 0.649. The monoisotopic (exact) mass is 256 g/mol. The Kier molecular flexibility index (Phi) is 5.60. The fourth-order valence-electron chi connectivity index (χ4n) is 2.36. The minimum atomic E-state index is -0.220. The first-order chi connectivity index (χ1) is 8.34. The molecule has 2 atom stereocenters. The fraction of sp³-hybridized carbons (Fsp3) is 0.929. The molecule has 2 unspecified atom stereocenters.